The maximum absolute atomic E-state index is 4.78. The molecule has 3 nitrogen and oxygen atoms in total. The van der Waals surface area contributed by atoms with E-state index in [1.165, 1.54) is 22.7 Å². The zero-order valence-corrected chi connectivity index (χ0v) is 11.5. The van der Waals surface area contributed by atoms with E-state index in [1.807, 2.05) is 11.3 Å². The first-order valence-electron chi connectivity index (χ1n) is 6.71. The molecule has 0 bridgehead atoms. The second-order valence-corrected chi connectivity index (χ2v) is 5.74. The van der Waals surface area contributed by atoms with Crippen LogP contribution in [0.25, 0.3) is 10.2 Å². The van der Waals surface area contributed by atoms with Crippen molar-refractivity contribution in [3.05, 3.63) is 24.3 Å². The molecule has 0 aliphatic carbocycles. The Bertz CT molecular complexity index is 483. The first-order valence-corrected chi connectivity index (χ1v) is 7.53. The molecule has 1 N–H and O–H groups in total. The predicted molar refractivity (Wildman–Crippen MR) is 78.5 cm³/mol. The molecular weight excluding hydrogens is 242 g/mol. The van der Waals surface area contributed by atoms with Crippen molar-refractivity contribution >= 4 is 26.7 Å². The van der Waals surface area contributed by atoms with Gasteiger partial charge in [0.2, 0.25) is 0 Å². The Kier molecular flexibility index (Phi) is 3.48. The van der Waals surface area contributed by atoms with E-state index in [4.69, 9.17) is 4.98 Å². The monoisotopic (exact) mass is 261 g/mol. The van der Waals surface area contributed by atoms with Gasteiger partial charge in [0, 0.05) is 12.6 Å². The van der Waals surface area contributed by atoms with Crippen LogP contribution < -0.4 is 10.2 Å². The molecular formula is C14H19N3S. The molecule has 2 aromatic rings. The van der Waals surface area contributed by atoms with Crippen molar-refractivity contribution < 1.29 is 0 Å². The Morgan fingerprint density at radius 1 is 1.33 bits per heavy atom. The minimum absolute atomic E-state index is 0.650. The summed E-state index contributed by atoms with van der Waals surface area (Å²) in [4.78, 5) is 7.26. The normalized spacial score (nSPS) is 17.2. The summed E-state index contributed by atoms with van der Waals surface area (Å²) >= 11 is 1.82. The van der Waals surface area contributed by atoms with Crippen molar-refractivity contribution in [1.82, 2.24) is 10.3 Å². The van der Waals surface area contributed by atoms with Crippen LogP contribution in [0.4, 0.5) is 5.13 Å². The van der Waals surface area contributed by atoms with Crippen molar-refractivity contribution in [2.24, 2.45) is 0 Å². The van der Waals surface area contributed by atoms with Gasteiger partial charge in [0.1, 0.15) is 0 Å². The number of para-hydroxylation sites is 1. The first-order chi connectivity index (χ1) is 8.88. The fraction of sp³-hybridized carbons (Fsp3) is 0.500. The number of thiazole rings is 1. The van der Waals surface area contributed by atoms with Crippen LogP contribution >= 0.6 is 11.3 Å². The van der Waals surface area contributed by atoms with Crippen LogP contribution in [0.5, 0.6) is 0 Å². The van der Waals surface area contributed by atoms with E-state index in [2.05, 4.69) is 41.4 Å². The highest BCUT2D eigenvalue weighted by Gasteiger charge is 2.22. The minimum Gasteiger partial charge on any atom is -0.345 e. The Morgan fingerprint density at radius 3 is 2.83 bits per heavy atom. The quantitative estimate of drug-likeness (QED) is 0.921. The Hall–Kier alpha value is -1.13. The molecule has 2 heterocycles. The summed E-state index contributed by atoms with van der Waals surface area (Å²) in [7, 11) is 0. The number of nitrogens with one attached hydrogen (secondary N) is 1. The molecule has 1 aliphatic heterocycles. The van der Waals surface area contributed by atoms with E-state index >= 15 is 0 Å². The molecule has 4 heteroatoms. The van der Waals surface area contributed by atoms with Crippen LogP contribution in [0.1, 0.15) is 19.8 Å². The topological polar surface area (TPSA) is 28.2 Å². The van der Waals surface area contributed by atoms with Gasteiger partial charge in [-0.3, -0.25) is 0 Å². The molecule has 0 spiro atoms. The van der Waals surface area contributed by atoms with E-state index in [0.29, 0.717) is 6.04 Å². The number of nitrogens with zero attached hydrogens (tertiary/aromatic N) is 2. The van der Waals surface area contributed by atoms with Gasteiger partial charge < -0.3 is 10.2 Å². The minimum atomic E-state index is 0.650. The zero-order chi connectivity index (χ0) is 12.4. The van der Waals surface area contributed by atoms with Crippen LogP contribution in [0, 0.1) is 0 Å². The highest BCUT2D eigenvalue weighted by molar-refractivity contribution is 7.22. The summed E-state index contributed by atoms with van der Waals surface area (Å²) in [5.41, 5.74) is 1.13. The molecule has 0 saturated carbocycles. The smallest absolute Gasteiger partial charge is 0.186 e. The average molecular weight is 261 g/mol. The number of fused-ring (bicyclic) bond motifs is 1. The average Bonchev–Trinajstić information content (AvgIpc) is 2.84. The number of rotatable bonds is 3. The van der Waals surface area contributed by atoms with Crippen LogP contribution in [0.15, 0.2) is 24.3 Å². The highest BCUT2D eigenvalue weighted by Crippen LogP contribution is 2.31. The molecule has 0 radical (unpaired) electrons. The maximum atomic E-state index is 4.78. The first kappa shape index (κ1) is 11.9. The standard InChI is InChI=1S/C14H19N3S/c1-2-17(11-7-9-15-10-8-11)14-16-12-5-3-4-6-13(12)18-14/h3-6,11,15H,2,7-10H2,1H3. The fourth-order valence-corrected chi connectivity index (χ4v) is 3.75. The summed E-state index contributed by atoms with van der Waals surface area (Å²) in [5, 5.41) is 4.61. The lowest BCUT2D eigenvalue weighted by atomic mass is 10.1. The summed E-state index contributed by atoms with van der Waals surface area (Å²) in [6, 6.07) is 9.06. The van der Waals surface area contributed by atoms with Crippen molar-refractivity contribution in [2.45, 2.75) is 25.8 Å². The number of piperidine rings is 1. The molecule has 0 atom stereocenters. The molecule has 1 aromatic heterocycles. The van der Waals surface area contributed by atoms with Gasteiger partial charge in [-0.1, -0.05) is 23.5 Å². The molecule has 96 valence electrons. The van der Waals surface area contributed by atoms with Gasteiger partial charge in [0.15, 0.2) is 5.13 Å². The van der Waals surface area contributed by atoms with Crippen LogP contribution in [0.2, 0.25) is 0 Å². The Labute approximate surface area is 112 Å². The number of benzene rings is 1. The van der Waals surface area contributed by atoms with E-state index in [-0.39, 0.29) is 0 Å². The van der Waals surface area contributed by atoms with Gasteiger partial charge in [-0.2, -0.15) is 0 Å². The molecule has 3 rings (SSSR count). The summed E-state index contributed by atoms with van der Waals surface area (Å²) < 4.78 is 1.29. The second kappa shape index (κ2) is 5.24. The van der Waals surface area contributed by atoms with Crippen LogP contribution in [0.3, 0.4) is 0 Å². The lowest BCUT2D eigenvalue weighted by molar-refractivity contribution is 0.433. The van der Waals surface area contributed by atoms with E-state index in [0.717, 1.165) is 25.2 Å². The van der Waals surface area contributed by atoms with Crippen molar-refractivity contribution in [3.63, 3.8) is 0 Å². The molecule has 1 fully saturated rings. The predicted octanol–water partition coefficient (Wildman–Crippen LogP) is 2.87. The van der Waals surface area contributed by atoms with Gasteiger partial charge in [-0.15, -0.1) is 0 Å². The Balaban J connectivity index is 1.90. The number of aromatic nitrogens is 1. The van der Waals surface area contributed by atoms with E-state index in [9.17, 15) is 0 Å². The third kappa shape index (κ3) is 2.22. The SMILES string of the molecule is CCN(c1nc2ccccc2s1)C1CCNCC1. The molecule has 0 unspecified atom stereocenters. The molecule has 0 amide bonds. The molecule has 18 heavy (non-hydrogen) atoms. The maximum Gasteiger partial charge on any atom is 0.186 e. The summed E-state index contributed by atoms with van der Waals surface area (Å²) in [6.45, 7) is 5.54. The van der Waals surface area contributed by atoms with Gasteiger partial charge in [-0.05, 0) is 45.0 Å². The Morgan fingerprint density at radius 2 is 2.11 bits per heavy atom. The van der Waals surface area contributed by atoms with Crippen LogP contribution in [-0.4, -0.2) is 30.7 Å². The van der Waals surface area contributed by atoms with Gasteiger partial charge in [0.05, 0.1) is 10.2 Å². The third-order valence-corrected chi connectivity index (χ3v) is 4.69. The molecule has 1 aliphatic rings. The van der Waals surface area contributed by atoms with Crippen LogP contribution in [-0.2, 0) is 0 Å². The lowest BCUT2D eigenvalue weighted by Crippen LogP contribution is -2.43. The summed E-state index contributed by atoms with van der Waals surface area (Å²) in [5.74, 6) is 0. The number of hydrogen-bond donors (Lipinski definition) is 1. The van der Waals surface area contributed by atoms with E-state index < -0.39 is 0 Å². The van der Waals surface area contributed by atoms with Crippen molar-refractivity contribution in [2.75, 3.05) is 24.5 Å². The zero-order valence-electron chi connectivity index (χ0n) is 10.7. The molecule has 1 saturated heterocycles. The van der Waals surface area contributed by atoms with Gasteiger partial charge >= 0.3 is 0 Å². The highest BCUT2D eigenvalue weighted by atomic mass is 32.1. The third-order valence-electron chi connectivity index (χ3n) is 3.62. The van der Waals surface area contributed by atoms with Crippen molar-refractivity contribution in [3.8, 4) is 0 Å². The summed E-state index contributed by atoms with van der Waals surface area (Å²) in [6.07, 6.45) is 2.45. The van der Waals surface area contributed by atoms with Gasteiger partial charge in [0.25, 0.3) is 0 Å². The van der Waals surface area contributed by atoms with Gasteiger partial charge in [-0.25, -0.2) is 4.98 Å². The number of anilines is 1. The largest absolute Gasteiger partial charge is 0.345 e. The van der Waals surface area contributed by atoms with Crippen molar-refractivity contribution in [1.29, 1.82) is 0 Å². The molecule has 1 aromatic carbocycles. The number of hydrogen-bond acceptors (Lipinski definition) is 4. The fourth-order valence-electron chi connectivity index (χ4n) is 2.65. The van der Waals surface area contributed by atoms with E-state index in [1.54, 1.807) is 0 Å². The lowest BCUT2D eigenvalue weighted by Gasteiger charge is -2.33. The second-order valence-electron chi connectivity index (χ2n) is 4.73.